The zero-order valence-corrected chi connectivity index (χ0v) is 12.2. The summed E-state index contributed by atoms with van der Waals surface area (Å²) >= 11 is 0. The van der Waals surface area contributed by atoms with Gasteiger partial charge in [0.15, 0.2) is 0 Å². The predicted octanol–water partition coefficient (Wildman–Crippen LogP) is 0.308. The van der Waals surface area contributed by atoms with E-state index in [0.717, 1.165) is 6.04 Å². The van der Waals surface area contributed by atoms with Gasteiger partial charge in [-0.2, -0.15) is 0 Å². The zero-order valence-electron chi connectivity index (χ0n) is 12.2. The standard InChI is InChI=1S/C14H30N4/c1-16(2)7-8-17-9-11-18(12-10-17)13-14-5-3-4-6-15-14/h14-15H,3-13H2,1-2H3. The van der Waals surface area contributed by atoms with Gasteiger partial charge in [-0.25, -0.2) is 0 Å². The van der Waals surface area contributed by atoms with Crippen molar-refractivity contribution in [3.05, 3.63) is 0 Å². The average Bonchev–Trinajstić information content (AvgIpc) is 2.39. The van der Waals surface area contributed by atoms with Gasteiger partial charge in [-0.3, -0.25) is 9.80 Å². The van der Waals surface area contributed by atoms with E-state index < -0.39 is 0 Å². The minimum Gasteiger partial charge on any atom is -0.313 e. The lowest BCUT2D eigenvalue weighted by Gasteiger charge is -2.37. The van der Waals surface area contributed by atoms with Gasteiger partial charge in [-0.15, -0.1) is 0 Å². The maximum Gasteiger partial charge on any atom is 0.0195 e. The van der Waals surface area contributed by atoms with E-state index >= 15 is 0 Å². The molecule has 2 rings (SSSR count). The van der Waals surface area contributed by atoms with Gasteiger partial charge < -0.3 is 10.2 Å². The van der Waals surface area contributed by atoms with E-state index in [0.29, 0.717) is 0 Å². The van der Waals surface area contributed by atoms with Gasteiger partial charge in [-0.1, -0.05) is 6.42 Å². The molecule has 0 aromatic carbocycles. The number of rotatable bonds is 5. The molecule has 0 saturated carbocycles. The summed E-state index contributed by atoms with van der Waals surface area (Å²) in [5, 5.41) is 3.66. The minimum absolute atomic E-state index is 0.757. The number of nitrogens with zero attached hydrogens (tertiary/aromatic N) is 3. The van der Waals surface area contributed by atoms with Crippen LogP contribution in [0.1, 0.15) is 19.3 Å². The van der Waals surface area contributed by atoms with Crippen LogP contribution in [0.5, 0.6) is 0 Å². The Bertz CT molecular complexity index is 218. The van der Waals surface area contributed by atoms with E-state index in [9.17, 15) is 0 Å². The van der Waals surface area contributed by atoms with Crippen LogP contribution in [0.15, 0.2) is 0 Å². The first kappa shape index (κ1) is 14.3. The fraction of sp³-hybridized carbons (Fsp3) is 1.00. The largest absolute Gasteiger partial charge is 0.313 e. The summed E-state index contributed by atoms with van der Waals surface area (Å²) in [7, 11) is 4.32. The Kier molecular flexibility index (Phi) is 5.89. The van der Waals surface area contributed by atoms with E-state index in [4.69, 9.17) is 0 Å². The maximum atomic E-state index is 3.66. The third-order valence-electron chi connectivity index (χ3n) is 4.22. The van der Waals surface area contributed by atoms with Crippen LogP contribution in [0, 0.1) is 0 Å². The van der Waals surface area contributed by atoms with Crippen molar-refractivity contribution < 1.29 is 0 Å². The third kappa shape index (κ3) is 4.84. The Balaban J connectivity index is 1.60. The van der Waals surface area contributed by atoms with Crippen molar-refractivity contribution in [2.45, 2.75) is 25.3 Å². The Labute approximate surface area is 112 Å². The van der Waals surface area contributed by atoms with Gasteiger partial charge in [0, 0.05) is 51.9 Å². The lowest BCUT2D eigenvalue weighted by Crippen LogP contribution is -2.52. The molecule has 1 N–H and O–H groups in total. The molecule has 2 heterocycles. The van der Waals surface area contributed by atoms with Crippen LogP contribution in [0.3, 0.4) is 0 Å². The molecule has 0 aromatic heterocycles. The lowest BCUT2D eigenvalue weighted by atomic mass is 10.0. The number of hydrogen-bond donors (Lipinski definition) is 1. The van der Waals surface area contributed by atoms with Crippen LogP contribution in [-0.2, 0) is 0 Å². The first-order chi connectivity index (χ1) is 8.74. The second kappa shape index (κ2) is 7.43. The number of nitrogens with one attached hydrogen (secondary N) is 1. The molecular weight excluding hydrogens is 224 g/mol. The van der Waals surface area contributed by atoms with Gasteiger partial charge in [0.25, 0.3) is 0 Å². The van der Waals surface area contributed by atoms with Crippen molar-refractivity contribution in [2.24, 2.45) is 0 Å². The third-order valence-corrected chi connectivity index (χ3v) is 4.22. The van der Waals surface area contributed by atoms with Gasteiger partial charge in [0.1, 0.15) is 0 Å². The molecule has 2 aliphatic rings. The van der Waals surface area contributed by atoms with E-state index in [1.165, 1.54) is 71.6 Å². The summed E-state index contributed by atoms with van der Waals surface area (Å²) in [5.74, 6) is 0. The highest BCUT2D eigenvalue weighted by Gasteiger charge is 2.20. The molecule has 4 nitrogen and oxygen atoms in total. The van der Waals surface area contributed by atoms with Crippen molar-refractivity contribution in [1.29, 1.82) is 0 Å². The quantitative estimate of drug-likeness (QED) is 0.762. The number of likely N-dealkylation sites (N-methyl/N-ethyl adjacent to an activating group) is 1. The SMILES string of the molecule is CN(C)CCN1CCN(CC2CCCCN2)CC1. The average molecular weight is 254 g/mol. The summed E-state index contributed by atoms with van der Waals surface area (Å²) in [5.41, 5.74) is 0. The van der Waals surface area contributed by atoms with Crippen LogP contribution >= 0.6 is 0 Å². The monoisotopic (exact) mass is 254 g/mol. The van der Waals surface area contributed by atoms with E-state index in [1.807, 2.05) is 0 Å². The summed E-state index contributed by atoms with van der Waals surface area (Å²) in [4.78, 5) is 7.53. The molecule has 1 unspecified atom stereocenters. The highest BCUT2D eigenvalue weighted by atomic mass is 15.3. The fourth-order valence-electron chi connectivity index (χ4n) is 2.93. The molecule has 106 valence electrons. The Morgan fingerprint density at radius 1 is 1.06 bits per heavy atom. The van der Waals surface area contributed by atoms with Crippen molar-refractivity contribution in [3.8, 4) is 0 Å². The van der Waals surface area contributed by atoms with E-state index in [-0.39, 0.29) is 0 Å². The summed E-state index contributed by atoms with van der Waals surface area (Å²) in [6, 6.07) is 0.757. The molecule has 0 amide bonds. The summed E-state index contributed by atoms with van der Waals surface area (Å²) in [6.45, 7) is 9.92. The first-order valence-electron chi connectivity index (χ1n) is 7.57. The van der Waals surface area contributed by atoms with Crippen molar-refractivity contribution in [2.75, 3.05) is 66.5 Å². The lowest BCUT2D eigenvalue weighted by molar-refractivity contribution is 0.113. The van der Waals surface area contributed by atoms with Crippen LogP contribution in [0.4, 0.5) is 0 Å². The Hall–Kier alpha value is -0.160. The van der Waals surface area contributed by atoms with Crippen LogP contribution < -0.4 is 5.32 Å². The van der Waals surface area contributed by atoms with Crippen LogP contribution in [0.2, 0.25) is 0 Å². The van der Waals surface area contributed by atoms with Gasteiger partial charge >= 0.3 is 0 Å². The second-order valence-corrected chi connectivity index (χ2v) is 6.09. The number of piperidine rings is 1. The van der Waals surface area contributed by atoms with Crippen molar-refractivity contribution in [3.63, 3.8) is 0 Å². The van der Waals surface area contributed by atoms with Crippen LogP contribution in [-0.4, -0.2) is 87.2 Å². The highest BCUT2D eigenvalue weighted by Crippen LogP contribution is 2.10. The predicted molar refractivity (Wildman–Crippen MR) is 77.1 cm³/mol. The van der Waals surface area contributed by atoms with E-state index in [2.05, 4.69) is 34.1 Å². The molecule has 0 radical (unpaired) electrons. The minimum atomic E-state index is 0.757. The first-order valence-corrected chi connectivity index (χ1v) is 7.57. The highest BCUT2D eigenvalue weighted by molar-refractivity contribution is 4.79. The van der Waals surface area contributed by atoms with E-state index in [1.54, 1.807) is 0 Å². The topological polar surface area (TPSA) is 21.8 Å². The van der Waals surface area contributed by atoms with Crippen molar-refractivity contribution >= 4 is 0 Å². The summed E-state index contributed by atoms with van der Waals surface area (Å²) < 4.78 is 0. The molecule has 18 heavy (non-hydrogen) atoms. The number of piperazine rings is 1. The molecule has 4 heteroatoms. The zero-order chi connectivity index (χ0) is 12.8. The molecule has 0 bridgehead atoms. The summed E-state index contributed by atoms with van der Waals surface area (Å²) in [6.07, 6.45) is 4.16. The molecule has 1 atom stereocenters. The molecule has 0 aliphatic carbocycles. The molecule has 2 fully saturated rings. The molecular formula is C14H30N4. The van der Waals surface area contributed by atoms with Gasteiger partial charge in [-0.05, 0) is 33.5 Å². The molecule has 2 saturated heterocycles. The van der Waals surface area contributed by atoms with Gasteiger partial charge in [0.2, 0.25) is 0 Å². The molecule has 2 aliphatic heterocycles. The molecule has 0 aromatic rings. The fourth-order valence-corrected chi connectivity index (χ4v) is 2.93. The Morgan fingerprint density at radius 2 is 1.78 bits per heavy atom. The normalized spacial score (nSPS) is 27.8. The molecule has 0 spiro atoms. The Morgan fingerprint density at radius 3 is 2.39 bits per heavy atom. The smallest absolute Gasteiger partial charge is 0.0195 e. The number of hydrogen-bond acceptors (Lipinski definition) is 4. The van der Waals surface area contributed by atoms with Crippen molar-refractivity contribution in [1.82, 2.24) is 20.0 Å². The second-order valence-electron chi connectivity index (χ2n) is 6.09. The van der Waals surface area contributed by atoms with Gasteiger partial charge in [0.05, 0.1) is 0 Å². The maximum absolute atomic E-state index is 3.66. The van der Waals surface area contributed by atoms with Crippen LogP contribution in [0.25, 0.3) is 0 Å².